The first-order valence-corrected chi connectivity index (χ1v) is 8.49. The van der Waals surface area contributed by atoms with E-state index in [9.17, 15) is 8.42 Å². The van der Waals surface area contributed by atoms with Gasteiger partial charge in [-0.25, -0.2) is 13.1 Å². The van der Waals surface area contributed by atoms with Crippen LogP contribution in [-0.2, 0) is 10.0 Å². The number of nitrogens with two attached hydrogens (primary N) is 1. The molecule has 0 saturated carbocycles. The van der Waals surface area contributed by atoms with Gasteiger partial charge in [-0.05, 0) is 38.6 Å². The number of rotatable bonds is 3. The molecule has 0 aliphatic carbocycles. The summed E-state index contributed by atoms with van der Waals surface area (Å²) in [5, 5.41) is 0.0679. The van der Waals surface area contributed by atoms with Crippen molar-refractivity contribution in [2.45, 2.75) is 23.8 Å². The topological polar surface area (TPSA) is 75.4 Å². The van der Waals surface area contributed by atoms with Gasteiger partial charge in [0.2, 0.25) is 10.0 Å². The molecule has 20 heavy (non-hydrogen) atoms. The quantitative estimate of drug-likeness (QED) is 0.826. The second-order valence-corrected chi connectivity index (χ2v) is 7.50. The van der Waals surface area contributed by atoms with Crippen molar-refractivity contribution in [2.75, 3.05) is 25.9 Å². The molecule has 1 saturated heterocycles. The molecule has 1 fully saturated rings. The lowest BCUT2D eigenvalue weighted by atomic mass is 10.1. The smallest absolute Gasteiger partial charge is 0.243 e. The average Bonchev–Trinajstić information content (AvgIpc) is 2.25. The van der Waals surface area contributed by atoms with Crippen molar-refractivity contribution >= 4 is 38.9 Å². The SMILES string of the molecule is CN1CCCC(NS(=O)(=O)c2c(Cl)cc(N)cc2Cl)C1. The first-order valence-electron chi connectivity index (χ1n) is 6.25. The van der Waals surface area contributed by atoms with Crippen molar-refractivity contribution in [3.8, 4) is 0 Å². The minimum absolute atomic E-state index is 0.0339. The Kier molecular flexibility index (Phi) is 4.81. The Balaban J connectivity index is 2.27. The molecule has 1 aliphatic heterocycles. The summed E-state index contributed by atoms with van der Waals surface area (Å²) in [7, 11) is -1.80. The van der Waals surface area contributed by atoms with Crippen LogP contribution in [0.4, 0.5) is 5.69 Å². The number of likely N-dealkylation sites (N-methyl/N-ethyl adjacent to an activating group) is 1. The summed E-state index contributed by atoms with van der Waals surface area (Å²) in [6, 6.07) is 2.63. The van der Waals surface area contributed by atoms with Crippen LogP contribution in [0.15, 0.2) is 17.0 Å². The Morgan fingerprint density at radius 1 is 1.35 bits per heavy atom. The summed E-state index contributed by atoms with van der Waals surface area (Å²) in [6.07, 6.45) is 1.75. The Hall–Kier alpha value is -0.530. The molecule has 0 amide bonds. The largest absolute Gasteiger partial charge is 0.399 e. The van der Waals surface area contributed by atoms with Crippen molar-refractivity contribution in [1.29, 1.82) is 0 Å². The average molecular weight is 338 g/mol. The minimum atomic E-state index is -3.76. The zero-order chi connectivity index (χ0) is 14.9. The molecule has 1 aromatic carbocycles. The summed E-state index contributed by atoms with van der Waals surface area (Å²) in [4.78, 5) is 1.98. The second kappa shape index (κ2) is 6.07. The lowest BCUT2D eigenvalue weighted by Gasteiger charge is -2.30. The van der Waals surface area contributed by atoms with Crippen molar-refractivity contribution in [3.63, 3.8) is 0 Å². The highest BCUT2D eigenvalue weighted by molar-refractivity contribution is 7.89. The van der Waals surface area contributed by atoms with Crippen molar-refractivity contribution in [1.82, 2.24) is 9.62 Å². The van der Waals surface area contributed by atoms with Gasteiger partial charge in [0.1, 0.15) is 4.90 Å². The standard InChI is InChI=1S/C12H17Cl2N3O2S/c1-17-4-2-3-9(7-17)16-20(18,19)12-10(13)5-8(15)6-11(12)14/h5-6,9,16H,2-4,7,15H2,1H3. The zero-order valence-corrected chi connectivity index (χ0v) is 13.4. The molecular formula is C12H17Cl2N3O2S. The fourth-order valence-corrected chi connectivity index (χ4v) is 4.87. The molecule has 8 heteroatoms. The van der Waals surface area contributed by atoms with E-state index in [0.717, 1.165) is 19.4 Å². The zero-order valence-electron chi connectivity index (χ0n) is 11.1. The third-order valence-corrected chi connectivity index (χ3v) is 5.68. The van der Waals surface area contributed by atoms with Gasteiger partial charge in [0.05, 0.1) is 10.0 Å². The molecule has 0 radical (unpaired) electrons. The summed E-state index contributed by atoms with van der Waals surface area (Å²) >= 11 is 11.9. The highest BCUT2D eigenvalue weighted by atomic mass is 35.5. The van der Waals surface area contributed by atoms with E-state index in [1.54, 1.807) is 0 Å². The van der Waals surface area contributed by atoms with Crippen LogP contribution in [0.2, 0.25) is 10.0 Å². The number of hydrogen-bond donors (Lipinski definition) is 2. The van der Waals surface area contributed by atoms with Crippen LogP contribution in [0.3, 0.4) is 0 Å². The Labute approximate surface area is 129 Å². The number of nitrogens with zero attached hydrogens (tertiary/aromatic N) is 1. The van der Waals surface area contributed by atoms with Crippen LogP contribution in [0.1, 0.15) is 12.8 Å². The number of benzene rings is 1. The van der Waals surface area contributed by atoms with E-state index in [0.29, 0.717) is 12.2 Å². The molecular weight excluding hydrogens is 321 g/mol. The van der Waals surface area contributed by atoms with Crippen LogP contribution in [0, 0.1) is 0 Å². The highest BCUT2D eigenvalue weighted by Gasteiger charge is 2.27. The first-order chi connectivity index (χ1) is 9.29. The number of sulfonamides is 1. The molecule has 1 heterocycles. The van der Waals surface area contributed by atoms with Crippen LogP contribution in [0.5, 0.6) is 0 Å². The van der Waals surface area contributed by atoms with E-state index >= 15 is 0 Å². The molecule has 112 valence electrons. The number of halogens is 2. The third kappa shape index (κ3) is 3.56. The number of hydrogen-bond acceptors (Lipinski definition) is 4. The van der Waals surface area contributed by atoms with Gasteiger partial charge in [-0.1, -0.05) is 23.2 Å². The fraction of sp³-hybridized carbons (Fsp3) is 0.500. The summed E-state index contributed by atoms with van der Waals surface area (Å²) in [5.74, 6) is 0. The summed E-state index contributed by atoms with van der Waals surface area (Å²) in [5.41, 5.74) is 5.91. The number of likely N-dealkylation sites (tertiary alicyclic amines) is 1. The number of nitrogens with one attached hydrogen (secondary N) is 1. The van der Waals surface area contributed by atoms with E-state index in [4.69, 9.17) is 28.9 Å². The molecule has 0 bridgehead atoms. The summed E-state index contributed by atoms with van der Waals surface area (Å²) < 4.78 is 27.5. The molecule has 5 nitrogen and oxygen atoms in total. The third-order valence-electron chi connectivity index (χ3n) is 3.24. The van der Waals surface area contributed by atoms with Gasteiger partial charge in [0.15, 0.2) is 0 Å². The molecule has 0 spiro atoms. The van der Waals surface area contributed by atoms with Crippen LogP contribution in [-0.4, -0.2) is 39.5 Å². The molecule has 1 unspecified atom stereocenters. The predicted octanol–water partition coefficient (Wildman–Crippen LogP) is 1.95. The number of anilines is 1. The van der Waals surface area contributed by atoms with Crippen molar-refractivity contribution in [2.24, 2.45) is 0 Å². The van der Waals surface area contributed by atoms with Crippen LogP contribution >= 0.6 is 23.2 Å². The number of piperidine rings is 1. The van der Waals surface area contributed by atoms with E-state index in [-0.39, 0.29) is 21.0 Å². The maximum Gasteiger partial charge on any atom is 0.243 e. The highest BCUT2D eigenvalue weighted by Crippen LogP contribution is 2.32. The van der Waals surface area contributed by atoms with Gasteiger partial charge in [0.25, 0.3) is 0 Å². The van der Waals surface area contributed by atoms with Gasteiger partial charge in [-0.2, -0.15) is 0 Å². The maximum absolute atomic E-state index is 12.4. The molecule has 2 rings (SSSR count). The van der Waals surface area contributed by atoms with Gasteiger partial charge in [0, 0.05) is 18.3 Å². The predicted molar refractivity (Wildman–Crippen MR) is 81.7 cm³/mol. The van der Waals surface area contributed by atoms with Crippen LogP contribution < -0.4 is 10.5 Å². The van der Waals surface area contributed by atoms with E-state index < -0.39 is 10.0 Å². The Morgan fingerprint density at radius 3 is 2.50 bits per heavy atom. The fourth-order valence-electron chi connectivity index (χ4n) is 2.38. The normalized spacial score (nSPS) is 21.1. The minimum Gasteiger partial charge on any atom is -0.399 e. The van der Waals surface area contributed by atoms with E-state index in [1.807, 2.05) is 7.05 Å². The van der Waals surface area contributed by atoms with E-state index in [1.165, 1.54) is 12.1 Å². The van der Waals surface area contributed by atoms with Gasteiger partial charge < -0.3 is 10.6 Å². The second-order valence-electron chi connectivity index (χ2n) is 5.04. The monoisotopic (exact) mass is 337 g/mol. The van der Waals surface area contributed by atoms with E-state index in [2.05, 4.69) is 9.62 Å². The summed E-state index contributed by atoms with van der Waals surface area (Å²) in [6.45, 7) is 1.64. The van der Waals surface area contributed by atoms with Gasteiger partial charge in [-0.3, -0.25) is 0 Å². The molecule has 3 N–H and O–H groups in total. The molecule has 1 aromatic rings. The first kappa shape index (κ1) is 15.9. The number of nitrogen functional groups attached to an aromatic ring is 1. The van der Waals surface area contributed by atoms with Crippen molar-refractivity contribution in [3.05, 3.63) is 22.2 Å². The maximum atomic E-state index is 12.4. The Morgan fingerprint density at radius 2 is 1.95 bits per heavy atom. The van der Waals surface area contributed by atoms with Gasteiger partial charge >= 0.3 is 0 Å². The molecule has 1 atom stereocenters. The van der Waals surface area contributed by atoms with Crippen LogP contribution in [0.25, 0.3) is 0 Å². The lowest BCUT2D eigenvalue weighted by Crippen LogP contribution is -2.46. The van der Waals surface area contributed by atoms with Crippen molar-refractivity contribution < 1.29 is 8.42 Å². The van der Waals surface area contributed by atoms with Gasteiger partial charge in [-0.15, -0.1) is 0 Å². The lowest BCUT2D eigenvalue weighted by molar-refractivity contribution is 0.242. The Bertz CT molecular complexity index is 584. The molecule has 0 aromatic heterocycles. The molecule has 1 aliphatic rings.